The van der Waals surface area contributed by atoms with Crippen LogP contribution in [0.2, 0.25) is 0 Å². The second-order valence-corrected chi connectivity index (χ2v) is 4.02. The molecule has 2 rings (SSSR count). The van der Waals surface area contributed by atoms with Crippen LogP contribution < -0.4 is 5.32 Å². The number of anilines is 1. The molecule has 1 aromatic heterocycles. The lowest BCUT2D eigenvalue weighted by atomic mass is 10.2. The van der Waals surface area contributed by atoms with E-state index in [-0.39, 0.29) is 0 Å². The van der Waals surface area contributed by atoms with Gasteiger partial charge in [-0.1, -0.05) is 37.3 Å². The van der Waals surface area contributed by atoms with E-state index in [0.717, 1.165) is 35.7 Å². The number of hydrogen-bond donors (Lipinski definition) is 1. The van der Waals surface area contributed by atoms with E-state index >= 15 is 0 Å². The number of aryl methyl sites for hydroxylation is 1. The number of benzene rings is 1. The lowest BCUT2D eigenvalue weighted by Gasteiger charge is -2.08. The Morgan fingerprint density at radius 3 is 2.65 bits per heavy atom. The van der Waals surface area contributed by atoms with E-state index in [4.69, 9.17) is 0 Å². The van der Waals surface area contributed by atoms with Gasteiger partial charge in [-0.15, -0.1) is 0 Å². The molecule has 0 saturated carbocycles. The summed E-state index contributed by atoms with van der Waals surface area (Å²) in [6.45, 7) is 5.10. The number of nitrogens with one attached hydrogen (secondary N) is 1. The molecule has 3 nitrogen and oxygen atoms in total. The van der Waals surface area contributed by atoms with Crippen molar-refractivity contribution in [3.05, 3.63) is 42.1 Å². The van der Waals surface area contributed by atoms with Crippen molar-refractivity contribution >= 4 is 5.82 Å². The first-order valence-corrected chi connectivity index (χ1v) is 5.94. The van der Waals surface area contributed by atoms with Gasteiger partial charge in [-0.05, 0) is 13.3 Å². The molecule has 88 valence electrons. The standard InChI is InChI=1S/C14H17N3/c1-3-9-15-13-11(2)10-16-14(17-13)12-7-5-4-6-8-12/h4-8,10H,3,9H2,1-2H3,(H,15,16,17). The number of rotatable bonds is 4. The first-order chi connectivity index (χ1) is 8.31. The Morgan fingerprint density at radius 1 is 1.18 bits per heavy atom. The molecule has 0 aliphatic carbocycles. The zero-order chi connectivity index (χ0) is 12.1. The molecule has 0 atom stereocenters. The summed E-state index contributed by atoms with van der Waals surface area (Å²) in [4.78, 5) is 8.92. The van der Waals surface area contributed by atoms with Crippen molar-refractivity contribution in [2.24, 2.45) is 0 Å². The van der Waals surface area contributed by atoms with Crippen molar-refractivity contribution in [1.82, 2.24) is 9.97 Å². The van der Waals surface area contributed by atoms with Crippen LogP contribution in [-0.2, 0) is 0 Å². The third-order valence-electron chi connectivity index (χ3n) is 2.55. The van der Waals surface area contributed by atoms with E-state index in [9.17, 15) is 0 Å². The van der Waals surface area contributed by atoms with Gasteiger partial charge in [-0.3, -0.25) is 0 Å². The maximum absolute atomic E-state index is 4.56. The molecule has 0 bridgehead atoms. The Labute approximate surface area is 102 Å². The molecule has 0 aliphatic rings. The molecule has 17 heavy (non-hydrogen) atoms. The van der Waals surface area contributed by atoms with Crippen molar-refractivity contribution in [2.75, 3.05) is 11.9 Å². The third kappa shape index (κ3) is 2.81. The Kier molecular flexibility index (Phi) is 3.70. The van der Waals surface area contributed by atoms with E-state index < -0.39 is 0 Å². The quantitative estimate of drug-likeness (QED) is 0.871. The third-order valence-corrected chi connectivity index (χ3v) is 2.55. The topological polar surface area (TPSA) is 37.8 Å². The molecular formula is C14H17N3. The molecule has 3 heteroatoms. The molecular weight excluding hydrogens is 210 g/mol. The van der Waals surface area contributed by atoms with Gasteiger partial charge in [0, 0.05) is 23.9 Å². The van der Waals surface area contributed by atoms with Crippen LogP contribution in [0.15, 0.2) is 36.5 Å². The largest absolute Gasteiger partial charge is 0.370 e. The fraction of sp³-hybridized carbons (Fsp3) is 0.286. The van der Waals surface area contributed by atoms with Crippen molar-refractivity contribution in [3.63, 3.8) is 0 Å². The fourth-order valence-corrected chi connectivity index (χ4v) is 1.59. The monoisotopic (exact) mass is 227 g/mol. The lowest BCUT2D eigenvalue weighted by Crippen LogP contribution is -2.05. The van der Waals surface area contributed by atoms with Crippen LogP contribution in [0.4, 0.5) is 5.82 Å². The van der Waals surface area contributed by atoms with Crippen molar-refractivity contribution in [1.29, 1.82) is 0 Å². The minimum atomic E-state index is 0.773. The Morgan fingerprint density at radius 2 is 1.94 bits per heavy atom. The predicted octanol–water partition coefficient (Wildman–Crippen LogP) is 3.27. The zero-order valence-corrected chi connectivity index (χ0v) is 10.3. The highest BCUT2D eigenvalue weighted by molar-refractivity contribution is 5.58. The molecule has 1 N–H and O–H groups in total. The summed E-state index contributed by atoms with van der Waals surface area (Å²) in [6.07, 6.45) is 2.96. The maximum Gasteiger partial charge on any atom is 0.161 e. The van der Waals surface area contributed by atoms with Crippen LogP contribution in [0, 0.1) is 6.92 Å². The van der Waals surface area contributed by atoms with Crippen molar-refractivity contribution in [3.8, 4) is 11.4 Å². The summed E-state index contributed by atoms with van der Waals surface area (Å²) in [5.41, 5.74) is 2.13. The molecule has 1 aromatic carbocycles. The van der Waals surface area contributed by atoms with Gasteiger partial charge in [0.1, 0.15) is 5.82 Å². The highest BCUT2D eigenvalue weighted by Gasteiger charge is 2.04. The van der Waals surface area contributed by atoms with Gasteiger partial charge >= 0.3 is 0 Å². The fourth-order valence-electron chi connectivity index (χ4n) is 1.59. The van der Waals surface area contributed by atoms with E-state index in [1.54, 1.807) is 0 Å². The van der Waals surface area contributed by atoms with Gasteiger partial charge in [0.25, 0.3) is 0 Å². The summed E-state index contributed by atoms with van der Waals surface area (Å²) in [7, 11) is 0. The van der Waals surface area contributed by atoms with Gasteiger partial charge in [-0.25, -0.2) is 9.97 Å². The molecule has 1 heterocycles. The van der Waals surface area contributed by atoms with Gasteiger partial charge < -0.3 is 5.32 Å². The average Bonchev–Trinajstić information content (AvgIpc) is 2.39. The van der Waals surface area contributed by atoms with Crippen LogP contribution in [0.25, 0.3) is 11.4 Å². The molecule has 2 aromatic rings. The second kappa shape index (κ2) is 5.43. The number of aromatic nitrogens is 2. The smallest absolute Gasteiger partial charge is 0.161 e. The Balaban J connectivity index is 2.31. The number of hydrogen-bond acceptors (Lipinski definition) is 3. The van der Waals surface area contributed by atoms with E-state index in [2.05, 4.69) is 22.2 Å². The minimum Gasteiger partial charge on any atom is -0.370 e. The first-order valence-electron chi connectivity index (χ1n) is 5.94. The molecule has 0 spiro atoms. The van der Waals surface area contributed by atoms with E-state index in [1.807, 2.05) is 43.5 Å². The van der Waals surface area contributed by atoms with Crippen LogP contribution in [0.5, 0.6) is 0 Å². The summed E-state index contributed by atoms with van der Waals surface area (Å²) >= 11 is 0. The van der Waals surface area contributed by atoms with Crippen LogP contribution in [-0.4, -0.2) is 16.5 Å². The Hall–Kier alpha value is -1.90. The first kappa shape index (κ1) is 11.6. The minimum absolute atomic E-state index is 0.773. The molecule has 0 aliphatic heterocycles. The van der Waals surface area contributed by atoms with Gasteiger partial charge in [-0.2, -0.15) is 0 Å². The highest BCUT2D eigenvalue weighted by Crippen LogP contribution is 2.18. The second-order valence-electron chi connectivity index (χ2n) is 4.02. The van der Waals surface area contributed by atoms with Crippen molar-refractivity contribution in [2.45, 2.75) is 20.3 Å². The Bertz CT molecular complexity index is 480. The van der Waals surface area contributed by atoms with Crippen LogP contribution >= 0.6 is 0 Å². The molecule has 0 radical (unpaired) electrons. The summed E-state index contributed by atoms with van der Waals surface area (Å²) in [5, 5.41) is 3.32. The normalized spacial score (nSPS) is 10.2. The molecule has 0 amide bonds. The van der Waals surface area contributed by atoms with Gasteiger partial charge in [0.15, 0.2) is 5.82 Å². The van der Waals surface area contributed by atoms with Crippen molar-refractivity contribution < 1.29 is 0 Å². The van der Waals surface area contributed by atoms with E-state index in [0.29, 0.717) is 0 Å². The summed E-state index contributed by atoms with van der Waals surface area (Å²) in [6, 6.07) is 10.0. The average molecular weight is 227 g/mol. The molecule has 0 saturated heterocycles. The highest BCUT2D eigenvalue weighted by atomic mass is 15.0. The molecule has 0 unspecified atom stereocenters. The zero-order valence-electron chi connectivity index (χ0n) is 10.3. The van der Waals surface area contributed by atoms with Gasteiger partial charge in [0.2, 0.25) is 0 Å². The van der Waals surface area contributed by atoms with Crippen LogP contribution in [0.3, 0.4) is 0 Å². The summed E-state index contributed by atoms with van der Waals surface area (Å²) < 4.78 is 0. The SMILES string of the molecule is CCCNc1nc(-c2ccccc2)ncc1C. The summed E-state index contributed by atoms with van der Waals surface area (Å²) in [5.74, 6) is 1.70. The number of nitrogens with zero attached hydrogens (tertiary/aromatic N) is 2. The molecule has 0 fully saturated rings. The van der Waals surface area contributed by atoms with Crippen LogP contribution in [0.1, 0.15) is 18.9 Å². The maximum atomic E-state index is 4.56. The van der Waals surface area contributed by atoms with E-state index in [1.165, 1.54) is 0 Å². The van der Waals surface area contributed by atoms with Gasteiger partial charge in [0.05, 0.1) is 0 Å². The lowest BCUT2D eigenvalue weighted by molar-refractivity contribution is 0.960. The predicted molar refractivity (Wildman–Crippen MR) is 71.0 cm³/mol.